The van der Waals surface area contributed by atoms with E-state index in [-0.39, 0.29) is 11.9 Å². The van der Waals surface area contributed by atoms with Crippen molar-refractivity contribution < 1.29 is 13.9 Å². The highest BCUT2D eigenvalue weighted by Crippen LogP contribution is 2.26. The minimum atomic E-state index is -0.198. The van der Waals surface area contributed by atoms with Crippen molar-refractivity contribution >= 4 is 5.69 Å². The van der Waals surface area contributed by atoms with E-state index in [1.807, 2.05) is 6.07 Å². The molecular formula is C16H25FN2O2. The fourth-order valence-corrected chi connectivity index (χ4v) is 2.61. The Labute approximate surface area is 126 Å². The van der Waals surface area contributed by atoms with Gasteiger partial charge in [0.25, 0.3) is 0 Å². The molecule has 21 heavy (non-hydrogen) atoms. The monoisotopic (exact) mass is 296 g/mol. The van der Waals surface area contributed by atoms with E-state index in [1.54, 1.807) is 13.2 Å². The summed E-state index contributed by atoms with van der Waals surface area (Å²) in [6.07, 6.45) is 0.195. The third-order valence-corrected chi connectivity index (χ3v) is 3.76. The molecule has 1 aromatic rings. The van der Waals surface area contributed by atoms with Crippen LogP contribution in [0.1, 0.15) is 19.4 Å². The van der Waals surface area contributed by atoms with Crippen molar-refractivity contribution in [1.29, 1.82) is 0 Å². The van der Waals surface area contributed by atoms with E-state index in [1.165, 1.54) is 6.07 Å². The molecule has 5 heteroatoms. The van der Waals surface area contributed by atoms with E-state index in [2.05, 4.69) is 24.1 Å². The second kappa shape index (κ2) is 7.73. The van der Waals surface area contributed by atoms with Gasteiger partial charge in [-0.3, -0.25) is 0 Å². The molecule has 0 saturated carbocycles. The van der Waals surface area contributed by atoms with Crippen molar-refractivity contribution in [1.82, 2.24) is 5.32 Å². The van der Waals surface area contributed by atoms with Gasteiger partial charge in [-0.1, -0.05) is 0 Å². The van der Waals surface area contributed by atoms with Crippen LogP contribution < -0.4 is 10.2 Å². The second-order valence-corrected chi connectivity index (χ2v) is 5.59. The van der Waals surface area contributed by atoms with Crippen LogP contribution in [0.2, 0.25) is 0 Å². The number of nitrogens with zero attached hydrogens (tertiary/aromatic N) is 1. The molecule has 0 aromatic heterocycles. The number of morpholine rings is 1. The molecule has 0 aliphatic carbocycles. The lowest BCUT2D eigenvalue weighted by molar-refractivity contribution is 0.0343. The molecule has 1 saturated heterocycles. The van der Waals surface area contributed by atoms with E-state index in [9.17, 15) is 4.39 Å². The van der Waals surface area contributed by atoms with Crippen LogP contribution in [0.15, 0.2) is 18.2 Å². The molecular weight excluding hydrogens is 271 g/mol. The number of methoxy groups -OCH3 is 1. The Bertz CT molecular complexity index is 456. The van der Waals surface area contributed by atoms with Crippen molar-refractivity contribution in [3.63, 3.8) is 0 Å². The van der Waals surface area contributed by atoms with Gasteiger partial charge in [0.1, 0.15) is 5.82 Å². The normalized spacial score (nSPS) is 22.6. The summed E-state index contributed by atoms with van der Waals surface area (Å²) in [5.74, 6) is -0.198. The zero-order valence-electron chi connectivity index (χ0n) is 13.1. The number of benzene rings is 1. The molecule has 0 spiro atoms. The molecule has 2 rings (SSSR count). The summed E-state index contributed by atoms with van der Waals surface area (Å²) in [5, 5.41) is 3.29. The minimum Gasteiger partial charge on any atom is -0.383 e. The van der Waals surface area contributed by atoms with Crippen LogP contribution in [0.4, 0.5) is 10.1 Å². The van der Waals surface area contributed by atoms with Crippen molar-refractivity contribution in [2.45, 2.75) is 32.5 Å². The zero-order valence-corrected chi connectivity index (χ0v) is 13.1. The van der Waals surface area contributed by atoms with E-state index in [4.69, 9.17) is 9.47 Å². The molecule has 1 aliphatic heterocycles. The maximum atomic E-state index is 13.6. The Morgan fingerprint density at radius 2 is 2.24 bits per heavy atom. The maximum Gasteiger partial charge on any atom is 0.123 e. The van der Waals surface area contributed by atoms with Gasteiger partial charge in [-0.25, -0.2) is 4.39 Å². The van der Waals surface area contributed by atoms with Crippen LogP contribution in [0.3, 0.4) is 0 Å². The molecule has 1 N–H and O–H groups in total. The molecule has 2 unspecified atom stereocenters. The minimum absolute atomic E-state index is 0.195. The third-order valence-electron chi connectivity index (χ3n) is 3.76. The first-order chi connectivity index (χ1) is 10.1. The number of hydrogen-bond donors (Lipinski definition) is 1. The Balaban J connectivity index is 2.13. The first kappa shape index (κ1) is 16.2. The van der Waals surface area contributed by atoms with E-state index >= 15 is 0 Å². The SMILES string of the molecule is COCCNCc1cc(F)ccc1N1CC(C)OCC1C. The fourth-order valence-electron chi connectivity index (χ4n) is 2.61. The summed E-state index contributed by atoms with van der Waals surface area (Å²) in [6.45, 7) is 7.77. The lowest BCUT2D eigenvalue weighted by Crippen LogP contribution is -2.48. The summed E-state index contributed by atoms with van der Waals surface area (Å²) in [6, 6.07) is 5.31. The van der Waals surface area contributed by atoms with Gasteiger partial charge in [0.05, 0.1) is 19.3 Å². The fraction of sp³-hybridized carbons (Fsp3) is 0.625. The molecule has 0 bridgehead atoms. The summed E-state index contributed by atoms with van der Waals surface area (Å²) >= 11 is 0. The zero-order chi connectivity index (χ0) is 15.2. The molecule has 1 aliphatic rings. The first-order valence-corrected chi connectivity index (χ1v) is 7.48. The average Bonchev–Trinajstić information content (AvgIpc) is 2.47. The molecule has 118 valence electrons. The van der Waals surface area contributed by atoms with Crippen LogP contribution >= 0.6 is 0 Å². The van der Waals surface area contributed by atoms with E-state index < -0.39 is 0 Å². The largest absolute Gasteiger partial charge is 0.383 e. The van der Waals surface area contributed by atoms with Gasteiger partial charge in [-0.2, -0.15) is 0 Å². The molecule has 1 fully saturated rings. The summed E-state index contributed by atoms with van der Waals surface area (Å²) in [4.78, 5) is 2.31. The van der Waals surface area contributed by atoms with Crippen molar-refractivity contribution in [2.24, 2.45) is 0 Å². The van der Waals surface area contributed by atoms with Gasteiger partial charge in [-0.15, -0.1) is 0 Å². The number of rotatable bonds is 6. The summed E-state index contributed by atoms with van der Waals surface area (Å²) in [7, 11) is 1.67. The number of nitrogens with one attached hydrogen (secondary N) is 1. The van der Waals surface area contributed by atoms with Gasteiger partial charge in [0, 0.05) is 38.5 Å². The van der Waals surface area contributed by atoms with Crippen molar-refractivity contribution in [3.05, 3.63) is 29.6 Å². The second-order valence-electron chi connectivity index (χ2n) is 5.59. The van der Waals surface area contributed by atoms with E-state index in [0.29, 0.717) is 25.8 Å². The molecule has 1 aromatic carbocycles. The Hall–Kier alpha value is -1.17. The summed E-state index contributed by atoms with van der Waals surface area (Å²) < 4.78 is 24.3. The van der Waals surface area contributed by atoms with Crippen LogP contribution in [0, 0.1) is 5.82 Å². The number of anilines is 1. The lowest BCUT2D eigenvalue weighted by Gasteiger charge is -2.39. The van der Waals surface area contributed by atoms with Crippen LogP contribution in [-0.4, -0.2) is 45.6 Å². The van der Waals surface area contributed by atoms with Gasteiger partial charge in [0.15, 0.2) is 0 Å². The number of hydrogen-bond acceptors (Lipinski definition) is 4. The van der Waals surface area contributed by atoms with Gasteiger partial charge >= 0.3 is 0 Å². The van der Waals surface area contributed by atoms with Gasteiger partial charge in [-0.05, 0) is 37.6 Å². The average molecular weight is 296 g/mol. The van der Waals surface area contributed by atoms with Crippen molar-refractivity contribution in [3.8, 4) is 0 Å². The number of halogens is 1. The lowest BCUT2D eigenvalue weighted by atomic mass is 10.1. The highest BCUT2D eigenvalue weighted by Gasteiger charge is 2.25. The molecule has 1 heterocycles. The van der Waals surface area contributed by atoms with Gasteiger partial charge < -0.3 is 19.7 Å². The van der Waals surface area contributed by atoms with Crippen LogP contribution in [-0.2, 0) is 16.0 Å². The summed E-state index contributed by atoms with van der Waals surface area (Å²) in [5.41, 5.74) is 2.07. The highest BCUT2D eigenvalue weighted by atomic mass is 19.1. The van der Waals surface area contributed by atoms with Crippen molar-refractivity contribution in [2.75, 3.05) is 38.3 Å². The molecule has 4 nitrogen and oxygen atoms in total. The maximum absolute atomic E-state index is 13.6. The standard InChI is InChI=1S/C16H25FN2O2/c1-12-11-21-13(2)10-19(12)16-5-4-15(17)8-14(16)9-18-6-7-20-3/h4-5,8,12-13,18H,6-7,9-11H2,1-3H3. The molecule has 0 radical (unpaired) electrons. The van der Waals surface area contributed by atoms with Crippen LogP contribution in [0.5, 0.6) is 0 Å². The molecule has 0 amide bonds. The Morgan fingerprint density at radius 3 is 3.00 bits per heavy atom. The third kappa shape index (κ3) is 4.40. The predicted molar refractivity (Wildman–Crippen MR) is 82.2 cm³/mol. The van der Waals surface area contributed by atoms with E-state index in [0.717, 1.165) is 24.3 Å². The Kier molecular flexibility index (Phi) is 5.96. The number of ether oxygens (including phenoxy) is 2. The topological polar surface area (TPSA) is 33.7 Å². The Morgan fingerprint density at radius 1 is 1.43 bits per heavy atom. The van der Waals surface area contributed by atoms with Gasteiger partial charge in [0.2, 0.25) is 0 Å². The predicted octanol–water partition coefficient (Wildman–Crippen LogP) is 2.18. The smallest absolute Gasteiger partial charge is 0.123 e. The first-order valence-electron chi connectivity index (χ1n) is 7.48. The molecule has 2 atom stereocenters. The van der Waals surface area contributed by atoms with Crippen LogP contribution in [0.25, 0.3) is 0 Å². The highest BCUT2D eigenvalue weighted by molar-refractivity contribution is 5.55. The quantitative estimate of drug-likeness (QED) is 0.816.